The molecule has 1 aliphatic rings. The van der Waals surface area contributed by atoms with Gasteiger partial charge in [-0.05, 0) is 20.8 Å². The first-order valence-electron chi connectivity index (χ1n) is 6.67. The van der Waals surface area contributed by atoms with Gasteiger partial charge in [-0.2, -0.15) is 0 Å². The Morgan fingerprint density at radius 2 is 2.00 bits per heavy atom. The zero-order valence-corrected chi connectivity index (χ0v) is 12.5. The number of nitrogens with two attached hydrogens (primary N) is 1. The van der Waals surface area contributed by atoms with Crippen LogP contribution in [-0.4, -0.2) is 61.5 Å². The number of hydrogen-bond acceptors (Lipinski definition) is 6. The van der Waals surface area contributed by atoms with Gasteiger partial charge in [0.05, 0.1) is 26.4 Å². The fourth-order valence-corrected chi connectivity index (χ4v) is 2.03. The van der Waals surface area contributed by atoms with E-state index in [0.717, 1.165) is 0 Å². The molecule has 116 valence electrons. The van der Waals surface area contributed by atoms with Crippen molar-refractivity contribution in [3.8, 4) is 0 Å². The quantitative estimate of drug-likeness (QED) is 0.758. The molecule has 2 unspecified atom stereocenters. The summed E-state index contributed by atoms with van der Waals surface area (Å²) in [5.41, 5.74) is 4.77. The first-order chi connectivity index (χ1) is 9.28. The summed E-state index contributed by atoms with van der Waals surface area (Å²) in [6.45, 7) is 6.41. The number of carbonyl (C=O) groups is 2. The Morgan fingerprint density at radius 1 is 1.35 bits per heavy atom. The Hall–Kier alpha value is -1.34. The highest BCUT2D eigenvalue weighted by atomic mass is 16.6. The molecule has 1 amide bonds. The minimum atomic E-state index is -0.669. The van der Waals surface area contributed by atoms with E-state index < -0.39 is 23.7 Å². The van der Waals surface area contributed by atoms with E-state index in [1.54, 1.807) is 20.8 Å². The lowest BCUT2D eigenvalue weighted by molar-refractivity contribution is -0.145. The van der Waals surface area contributed by atoms with Crippen molar-refractivity contribution >= 4 is 12.1 Å². The molecule has 0 aromatic rings. The van der Waals surface area contributed by atoms with Gasteiger partial charge in [0.1, 0.15) is 11.6 Å². The molecule has 1 saturated heterocycles. The van der Waals surface area contributed by atoms with Crippen molar-refractivity contribution in [2.24, 2.45) is 5.73 Å². The van der Waals surface area contributed by atoms with Gasteiger partial charge in [0.2, 0.25) is 0 Å². The van der Waals surface area contributed by atoms with Crippen LogP contribution in [0.5, 0.6) is 0 Å². The summed E-state index contributed by atoms with van der Waals surface area (Å²) in [5.74, 6) is -0.463. The molecule has 0 saturated carbocycles. The molecule has 0 radical (unpaired) electrons. The minimum absolute atomic E-state index is 0.227. The number of ether oxygens (including phenoxy) is 3. The van der Waals surface area contributed by atoms with Crippen molar-refractivity contribution < 1.29 is 23.8 Å². The van der Waals surface area contributed by atoms with Crippen molar-refractivity contribution in [1.82, 2.24) is 4.90 Å². The third kappa shape index (κ3) is 4.64. The molecule has 1 fully saturated rings. The highest BCUT2D eigenvalue weighted by molar-refractivity contribution is 5.82. The molecule has 20 heavy (non-hydrogen) atoms. The maximum atomic E-state index is 12.1. The number of carbonyl (C=O) groups excluding carboxylic acids is 2. The predicted octanol–water partition coefficient (Wildman–Crippen LogP) is 0.513. The number of rotatable bonds is 4. The second-order valence-corrected chi connectivity index (χ2v) is 5.69. The summed E-state index contributed by atoms with van der Waals surface area (Å²) in [4.78, 5) is 25.2. The first kappa shape index (κ1) is 16.7. The average molecular weight is 288 g/mol. The van der Waals surface area contributed by atoms with Crippen LogP contribution in [0.25, 0.3) is 0 Å². The van der Waals surface area contributed by atoms with Crippen LogP contribution in [-0.2, 0) is 19.0 Å². The molecular weight excluding hydrogens is 264 g/mol. The summed E-state index contributed by atoms with van der Waals surface area (Å²) in [6, 6.07) is -0.669. The zero-order chi connectivity index (χ0) is 15.3. The lowest BCUT2D eigenvalue weighted by atomic mass is 10.2. The van der Waals surface area contributed by atoms with Crippen molar-refractivity contribution in [3.63, 3.8) is 0 Å². The summed E-state index contributed by atoms with van der Waals surface area (Å²) in [5, 5.41) is 0. The summed E-state index contributed by atoms with van der Waals surface area (Å²) in [7, 11) is 1.30. The third-order valence-corrected chi connectivity index (χ3v) is 2.84. The fraction of sp³-hybridized carbons (Fsp3) is 0.846. The van der Waals surface area contributed by atoms with E-state index in [2.05, 4.69) is 0 Å². The Labute approximate surface area is 119 Å². The molecule has 0 spiro atoms. The summed E-state index contributed by atoms with van der Waals surface area (Å²) >= 11 is 0. The molecule has 1 rings (SSSR count). The maximum absolute atomic E-state index is 12.1. The van der Waals surface area contributed by atoms with E-state index >= 15 is 0 Å². The van der Waals surface area contributed by atoms with Gasteiger partial charge in [-0.25, -0.2) is 9.59 Å². The lowest BCUT2D eigenvalue weighted by Gasteiger charge is -2.27. The van der Waals surface area contributed by atoms with Gasteiger partial charge in [-0.15, -0.1) is 0 Å². The van der Waals surface area contributed by atoms with Crippen molar-refractivity contribution in [2.45, 2.75) is 44.9 Å². The first-order valence-corrected chi connectivity index (χ1v) is 6.67. The second-order valence-electron chi connectivity index (χ2n) is 5.69. The maximum Gasteiger partial charge on any atom is 0.411 e. The third-order valence-electron chi connectivity index (χ3n) is 2.84. The number of esters is 1. The van der Waals surface area contributed by atoms with Crippen molar-refractivity contribution in [2.75, 3.05) is 26.8 Å². The van der Waals surface area contributed by atoms with Crippen LogP contribution in [0.4, 0.5) is 4.79 Å². The molecule has 1 heterocycles. The molecule has 1 aliphatic heterocycles. The van der Waals surface area contributed by atoms with E-state index in [0.29, 0.717) is 26.1 Å². The number of likely N-dealkylation sites (tertiary alicyclic amines) is 1. The average Bonchev–Trinajstić information content (AvgIpc) is 2.77. The minimum Gasteiger partial charge on any atom is -0.467 e. The lowest BCUT2D eigenvalue weighted by Crippen LogP contribution is -2.44. The van der Waals surface area contributed by atoms with Crippen LogP contribution in [0.3, 0.4) is 0 Å². The van der Waals surface area contributed by atoms with E-state index in [1.165, 1.54) is 12.0 Å². The van der Waals surface area contributed by atoms with Gasteiger partial charge in [0, 0.05) is 13.0 Å². The molecule has 0 aliphatic carbocycles. The number of hydrogen-bond donors (Lipinski definition) is 1. The van der Waals surface area contributed by atoms with E-state index in [-0.39, 0.29) is 6.10 Å². The normalized spacial score (nSPS) is 22.8. The highest BCUT2D eigenvalue weighted by Gasteiger charge is 2.42. The van der Waals surface area contributed by atoms with Gasteiger partial charge in [0.25, 0.3) is 0 Å². The van der Waals surface area contributed by atoms with Crippen molar-refractivity contribution in [1.29, 1.82) is 0 Å². The Morgan fingerprint density at radius 3 is 2.50 bits per heavy atom. The van der Waals surface area contributed by atoms with E-state index in [4.69, 9.17) is 19.9 Å². The van der Waals surface area contributed by atoms with Crippen LogP contribution in [0, 0.1) is 0 Å². The van der Waals surface area contributed by atoms with Crippen LogP contribution in [0.1, 0.15) is 27.2 Å². The number of nitrogens with zero attached hydrogens (tertiary/aromatic N) is 1. The monoisotopic (exact) mass is 288 g/mol. The van der Waals surface area contributed by atoms with E-state index in [1.807, 2.05) is 0 Å². The summed E-state index contributed by atoms with van der Waals surface area (Å²) < 4.78 is 15.5. The molecule has 0 aromatic carbocycles. The van der Waals surface area contributed by atoms with Gasteiger partial charge in [0.15, 0.2) is 0 Å². The predicted molar refractivity (Wildman–Crippen MR) is 72.2 cm³/mol. The second kappa shape index (κ2) is 6.90. The molecule has 2 atom stereocenters. The van der Waals surface area contributed by atoms with Crippen molar-refractivity contribution in [3.05, 3.63) is 0 Å². The van der Waals surface area contributed by atoms with Crippen LogP contribution in [0.15, 0.2) is 0 Å². The van der Waals surface area contributed by atoms with Gasteiger partial charge in [-0.1, -0.05) is 0 Å². The standard InChI is InChI=1S/C13H24N2O5/c1-13(2,3)20-12(17)15-8-9(19-6-5-14)7-10(15)11(16)18-4/h9-10H,5-8,14H2,1-4H3. The summed E-state index contributed by atoms with van der Waals surface area (Å²) in [6.07, 6.45) is -0.367. The molecule has 0 bridgehead atoms. The SMILES string of the molecule is COC(=O)C1CC(OCCN)CN1C(=O)OC(C)(C)C. The molecule has 7 heteroatoms. The molecular formula is C13H24N2O5. The van der Waals surface area contributed by atoms with Gasteiger partial charge < -0.3 is 19.9 Å². The molecule has 2 N–H and O–H groups in total. The Kier molecular flexibility index (Phi) is 5.76. The molecule has 7 nitrogen and oxygen atoms in total. The number of amides is 1. The fourth-order valence-electron chi connectivity index (χ4n) is 2.03. The van der Waals surface area contributed by atoms with Gasteiger partial charge >= 0.3 is 12.1 Å². The zero-order valence-electron chi connectivity index (χ0n) is 12.5. The van der Waals surface area contributed by atoms with Gasteiger partial charge in [-0.3, -0.25) is 4.90 Å². The smallest absolute Gasteiger partial charge is 0.411 e. The topological polar surface area (TPSA) is 91.1 Å². The largest absolute Gasteiger partial charge is 0.467 e. The Balaban J connectivity index is 2.73. The Bertz CT molecular complexity index is 353. The highest BCUT2D eigenvalue weighted by Crippen LogP contribution is 2.24. The molecule has 0 aromatic heterocycles. The van der Waals surface area contributed by atoms with Crippen LogP contribution < -0.4 is 5.73 Å². The van der Waals surface area contributed by atoms with Crippen LogP contribution >= 0.6 is 0 Å². The number of methoxy groups -OCH3 is 1. The van der Waals surface area contributed by atoms with E-state index in [9.17, 15) is 9.59 Å². The van der Waals surface area contributed by atoms with Crippen LogP contribution in [0.2, 0.25) is 0 Å².